The number of esters is 1. The summed E-state index contributed by atoms with van der Waals surface area (Å²) >= 11 is 3.33. The van der Waals surface area contributed by atoms with Gasteiger partial charge in [-0.1, -0.05) is 0 Å². The number of fused-ring (bicyclic) bond motifs is 2. The van der Waals surface area contributed by atoms with Gasteiger partial charge in [0, 0.05) is 16.7 Å². The molecule has 0 amide bonds. The molecule has 9 heteroatoms. The Hall–Kier alpha value is -2.81. The number of rotatable bonds is 3. The molecule has 7 nitrogen and oxygen atoms in total. The second-order valence-corrected chi connectivity index (χ2v) is 6.36. The molecule has 0 bridgehead atoms. The van der Waals surface area contributed by atoms with E-state index in [1.165, 1.54) is 18.5 Å². The minimum atomic E-state index is -0.788. The van der Waals surface area contributed by atoms with Crippen molar-refractivity contribution in [2.45, 2.75) is 13.0 Å². The van der Waals surface area contributed by atoms with Crippen LogP contribution in [0.1, 0.15) is 29.2 Å². The van der Waals surface area contributed by atoms with Gasteiger partial charge in [0.25, 0.3) is 0 Å². The fourth-order valence-corrected chi connectivity index (χ4v) is 2.81. The predicted octanol–water partition coefficient (Wildman–Crippen LogP) is 3.65. The van der Waals surface area contributed by atoms with Crippen molar-refractivity contribution in [2.75, 3.05) is 0 Å². The Kier molecular flexibility index (Phi) is 3.72. The summed E-state index contributed by atoms with van der Waals surface area (Å²) < 4.78 is 20.3. The van der Waals surface area contributed by atoms with Crippen LogP contribution < -0.4 is 0 Å². The molecule has 3 heterocycles. The number of nitrogens with one attached hydrogen (secondary N) is 2. The number of carbonyl (C=O) groups excluding carboxylic acids is 1. The van der Waals surface area contributed by atoms with Crippen LogP contribution in [0.3, 0.4) is 0 Å². The van der Waals surface area contributed by atoms with E-state index >= 15 is 0 Å². The molecule has 0 saturated heterocycles. The Labute approximate surface area is 148 Å². The van der Waals surface area contributed by atoms with Crippen LogP contribution in [0, 0.1) is 5.82 Å². The van der Waals surface area contributed by atoms with Gasteiger partial charge in [-0.15, -0.1) is 0 Å². The molecule has 2 N–H and O–H groups in total. The molecule has 1 atom stereocenters. The predicted molar refractivity (Wildman–Crippen MR) is 91.5 cm³/mol. The first-order valence-corrected chi connectivity index (χ1v) is 8.15. The number of hydrogen-bond acceptors (Lipinski definition) is 5. The molecule has 0 radical (unpaired) electrons. The van der Waals surface area contributed by atoms with Gasteiger partial charge in [0.15, 0.2) is 11.8 Å². The maximum Gasteiger partial charge on any atom is 0.341 e. The fourth-order valence-electron chi connectivity index (χ4n) is 2.48. The lowest BCUT2D eigenvalue weighted by Gasteiger charge is -2.11. The molecule has 126 valence electrons. The van der Waals surface area contributed by atoms with E-state index in [9.17, 15) is 9.18 Å². The SMILES string of the molecule is C[C@@H](OC(=O)c1cc2nc[nH]c2cc1F)c1nc2ncc(Br)cc2[nH]1. The maximum atomic E-state index is 14.1. The van der Waals surface area contributed by atoms with Crippen LogP contribution >= 0.6 is 15.9 Å². The van der Waals surface area contributed by atoms with E-state index < -0.39 is 17.9 Å². The van der Waals surface area contributed by atoms with Crippen molar-refractivity contribution >= 4 is 44.1 Å². The first-order valence-electron chi connectivity index (χ1n) is 7.36. The van der Waals surface area contributed by atoms with E-state index in [0.717, 1.165) is 4.47 Å². The van der Waals surface area contributed by atoms with Gasteiger partial charge < -0.3 is 14.7 Å². The Bertz CT molecular complexity index is 1110. The van der Waals surface area contributed by atoms with Gasteiger partial charge in [-0.3, -0.25) is 0 Å². The number of halogens is 2. The summed E-state index contributed by atoms with van der Waals surface area (Å²) in [5.41, 5.74) is 2.03. The Morgan fingerprint density at radius 2 is 2.12 bits per heavy atom. The van der Waals surface area contributed by atoms with Crippen LogP contribution in [0.4, 0.5) is 4.39 Å². The normalized spacial score (nSPS) is 12.6. The highest BCUT2D eigenvalue weighted by atomic mass is 79.9. The molecule has 0 aliphatic carbocycles. The van der Waals surface area contributed by atoms with Crippen molar-refractivity contribution in [2.24, 2.45) is 0 Å². The highest BCUT2D eigenvalue weighted by Crippen LogP contribution is 2.23. The highest BCUT2D eigenvalue weighted by molar-refractivity contribution is 9.10. The average molecular weight is 404 g/mol. The topological polar surface area (TPSA) is 96.6 Å². The largest absolute Gasteiger partial charge is 0.451 e. The molecule has 0 aliphatic rings. The summed E-state index contributed by atoms with van der Waals surface area (Å²) in [6, 6.07) is 4.39. The summed E-state index contributed by atoms with van der Waals surface area (Å²) in [4.78, 5) is 30.6. The van der Waals surface area contributed by atoms with E-state index in [1.807, 2.05) is 6.07 Å². The summed E-state index contributed by atoms with van der Waals surface area (Å²) in [5.74, 6) is -1.04. The molecule has 25 heavy (non-hydrogen) atoms. The molecular weight excluding hydrogens is 393 g/mol. The molecule has 1 aromatic carbocycles. The Balaban J connectivity index is 1.60. The lowest BCUT2D eigenvalue weighted by atomic mass is 10.2. The zero-order valence-corrected chi connectivity index (χ0v) is 14.5. The van der Waals surface area contributed by atoms with Crippen molar-refractivity contribution in [3.8, 4) is 0 Å². The molecule has 4 aromatic rings. The van der Waals surface area contributed by atoms with E-state index in [2.05, 4.69) is 40.8 Å². The second kappa shape index (κ2) is 5.92. The van der Waals surface area contributed by atoms with E-state index in [4.69, 9.17) is 4.74 Å². The summed E-state index contributed by atoms with van der Waals surface area (Å²) in [6.45, 7) is 1.65. The Morgan fingerprint density at radius 3 is 2.96 bits per heavy atom. The van der Waals surface area contributed by atoms with Gasteiger partial charge in [0.1, 0.15) is 11.6 Å². The molecule has 0 fully saturated rings. The number of aromatic amines is 2. The number of carbonyl (C=O) groups is 1. The van der Waals surface area contributed by atoms with Crippen molar-refractivity contribution in [1.29, 1.82) is 0 Å². The number of ether oxygens (including phenoxy) is 1. The minimum Gasteiger partial charge on any atom is -0.451 e. The van der Waals surface area contributed by atoms with Crippen LogP contribution in [0.25, 0.3) is 22.2 Å². The number of imidazole rings is 2. The molecule has 0 unspecified atom stereocenters. The molecule has 4 rings (SSSR count). The van der Waals surface area contributed by atoms with Gasteiger partial charge in [0.2, 0.25) is 0 Å². The number of pyridine rings is 1. The third-order valence-corrected chi connectivity index (χ3v) is 4.15. The number of nitrogens with zero attached hydrogens (tertiary/aromatic N) is 3. The second-order valence-electron chi connectivity index (χ2n) is 5.45. The number of benzene rings is 1. The molecule has 3 aromatic heterocycles. The van der Waals surface area contributed by atoms with Crippen molar-refractivity contribution in [1.82, 2.24) is 24.9 Å². The highest BCUT2D eigenvalue weighted by Gasteiger charge is 2.21. The van der Waals surface area contributed by atoms with E-state index in [1.54, 1.807) is 13.1 Å². The summed E-state index contributed by atoms with van der Waals surface area (Å²) in [7, 11) is 0. The first-order chi connectivity index (χ1) is 12.0. The van der Waals surface area contributed by atoms with Gasteiger partial charge in [-0.05, 0) is 35.0 Å². The molecule has 0 spiro atoms. The third kappa shape index (κ3) is 2.86. The van der Waals surface area contributed by atoms with Crippen molar-refractivity contribution < 1.29 is 13.9 Å². The van der Waals surface area contributed by atoms with Crippen molar-refractivity contribution in [3.63, 3.8) is 0 Å². The maximum absolute atomic E-state index is 14.1. The monoisotopic (exact) mass is 403 g/mol. The van der Waals surface area contributed by atoms with Crippen LogP contribution in [0.5, 0.6) is 0 Å². The van der Waals surface area contributed by atoms with Crippen LogP contribution in [0.2, 0.25) is 0 Å². The lowest BCUT2D eigenvalue weighted by molar-refractivity contribution is 0.0317. The van der Waals surface area contributed by atoms with E-state index in [0.29, 0.717) is 28.0 Å². The van der Waals surface area contributed by atoms with Gasteiger partial charge in [-0.25, -0.2) is 24.1 Å². The summed E-state index contributed by atoms with van der Waals surface area (Å²) in [5, 5.41) is 0. The smallest absolute Gasteiger partial charge is 0.341 e. The summed E-state index contributed by atoms with van der Waals surface area (Å²) in [6.07, 6.45) is 2.36. The quantitative estimate of drug-likeness (QED) is 0.508. The fraction of sp³-hybridized carbons (Fsp3) is 0.125. The Morgan fingerprint density at radius 1 is 1.28 bits per heavy atom. The first kappa shape index (κ1) is 15.7. The van der Waals surface area contributed by atoms with Gasteiger partial charge in [0.05, 0.1) is 28.4 Å². The minimum absolute atomic E-state index is 0.177. The van der Waals surface area contributed by atoms with Crippen molar-refractivity contribution in [3.05, 3.63) is 52.4 Å². The van der Waals surface area contributed by atoms with Crippen LogP contribution in [-0.2, 0) is 4.74 Å². The third-order valence-electron chi connectivity index (χ3n) is 3.72. The molecular formula is C16H11BrFN5O2. The van der Waals surface area contributed by atoms with Crippen LogP contribution in [-0.4, -0.2) is 30.9 Å². The van der Waals surface area contributed by atoms with Gasteiger partial charge in [-0.2, -0.15) is 0 Å². The number of hydrogen-bond donors (Lipinski definition) is 2. The lowest BCUT2D eigenvalue weighted by Crippen LogP contribution is -2.12. The van der Waals surface area contributed by atoms with E-state index in [-0.39, 0.29) is 5.56 Å². The van der Waals surface area contributed by atoms with Crippen LogP contribution in [0.15, 0.2) is 35.2 Å². The van der Waals surface area contributed by atoms with Gasteiger partial charge >= 0.3 is 5.97 Å². The zero-order valence-electron chi connectivity index (χ0n) is 12.9. The zero-order chi connectivity index (χ0) is 17.6. The standard InChI is InChI=1S/C16H11BrFN5O2/c1-7(14-22-13-2-8(17)5-19-15(13)23-14)25-16(24)9-3-11-12(4-10(9)18)21-6-20-11/h2-7H,1H3,(H,20,21)(H,19,22,23)/t7-/m1/s1. The number of aromatic nitrogens is 5. The average Bonchev–Trinajstić information content (AvgIpc) is 3.19. The molecule has 0 aliphatic heterocycles. The number of H-pyrrole nitrogens is 2. The molecule has 0 saturated carbocycles.